The normalized spacial score (nSPS) is 23.3. The van der Waals surface area contributed by atoms with E-state index in [-0.39, 0.29) is 11.9 Å². The molecule has 4 rings (SSSR count). The minimum Gasteiger partial charge on any atom is -0.337 e. The van der Waals surface area contributed by atoms with Crippen molar-refractivity contribution in [3.05, 3.63) is 52.7 Å². The number of piperazine rings is 1. The number of carbonyl (C=O) groups is 1. The highest BCUT2D eigenvalue weighted by Crippen LogP contribution is 2.24. The second kappa shape index (κ2) is 10.4. The Kier molecular flexibility index (Phi) is 7.91. The summed E-state index contributed by atoms with van der Waals surface area (Å²) in [6, 6.07) is 1.91. The molecule has 2 amide bonds. The molecule has 8 heteroatoms. The van der Waals surface area contributed by atoms with Crippen molar-refractivity contribution in [3.8, 4) is 0 Å². The number of urea groups is 1. The van der Waals surface area contributed by atoms with Crippen LogP contribution in [0.5, 0.6) is 0 Å². The van der Waals surface area contributed by atoms with Crippen LogP contribution in [0.15, 0.2) is 41.6 Å². The first kappa shape index (κ1) is 23.5. The summed E-state index contributed by atoms with van der Waals surface area (Å²) >= 11 is 0. The molecule has 0 spiro atoms. The van der Waals surface area contributed by atoms with Crippen molar-refractivity contribution in [2.24, 2.45) is 5.92 Å². The maximum atomic E-state index is 13.3. The Morgan fingerprint density at radius 1 is 1.23 bits per heavy atom. The summed E-state index contributed by atoms with van der Waals surface area (Å²) < 4.78 is 15.3. The number of hydrogen-bond acceptors (Lipinski definition) is 4. The van der Waals surface area contributed by atoms with Crippen molar-refractivity contribution in [2.75, 3.05) is 39.8 Å². The van der Waals surface area contributed by atoms with Gasteiger partial charge in [0.05, 0.1) is 9.71 Å². The Hall–Kier alpha value is -2.16. The van der Waals surface area contributed by atoms with Gasteiger partial charge in [-0.05, 0) is 48.5 Å². The molecule has 0 aromatic carbocycles. The smallest absolute Gasteiger partial charge is 0.318 e. The molecular formula is C23H35N5O2S. The van der Waals surface area contributed by atoms with E-state index in [1.807, 2.05) is 42.6 Å². The summed E-state index contributed by atoms with van der Waals surface area (Å²) in [5.41, 5.74) is 2.27. The van der Waals surface area contributed by atoms with Gasteiger partial charge in [0.25, 0.3) is 0 Å². The van der Waals surface area contributed by atoms with Crippen molar-refractivity contribution in [3.63, 3.8) is 0 Å². The van der Waals surface area contributed by atoms with Gasteiger partial charge in [0.2, 0.25) is 0 Å². The van der Waals surface area contributed by atoms with Crippen LogP contribution in [0.25, 0.3) is 0 Å². The Morgan fingerprint density at radius 2 is 1.94 bits per heavy atom. The maximum Gasteiger partial charge on any atom is 0.318 e. The fraction of sp³-hybridized carbons (Fsp3) is 0.522. The number of carbonyl (C=O) groups excluding carboxylic acids is 1. The molecule has 2 unspecified atom stereocenters. The molecule has 3 heterocycles. The van der Waals surface area contributed by atoms with Gasteiger partial charge in [-0.15, -0.1) is 0 Å². The minimum atomic E-state index is -2.43. The van der Waals surface area contributed by atoms with Gasteiger partial charge in [-0.3, -0.25) is 4.98 Å². The van der Waals surface area contributed by atoms with Crippen molar-refractivity contribution in [1.29, 1.82) is 0 Å². The van der Waals surface area contributed by atoms with Crippen LogP contribution in [0, 0.1) is 5.92 Å². The molecular weight excluding hydrogens is 410 g/mol. The number of nitrogens with zero attached hydrogens (tertiary/aromatic N) is 4. The number of aromatic nitrogens is 1. The Bertz CT molecular complexity index is 908. The van der Waals surface area contributed by atoms with Crippen molar-refractivity contribution < 1.29 is 9.00 Å². The first-order valence-corrected chi connectivity index (χ1v) is 12.8. The molecule has 0 radical (unpaired) electrons. The highest BCUT2D eigenvalue weighted by molar-refractivity contribution is 8.01. The largest absolute Gasteiger partial charge is 0.337 e. The molecule has 170 valence electrons. The van der Waals surface area contributed by atoms with Gasteiger partial charge < -0.3 is 15.1 Å². The fourth-order valence-electron chi connectivity index (χ4n) is 3.96. The van der Waals surface area contributed by atoms with Crippen molar-refractivity contribution in [1.82, 2.24) is 24.4 Å². The lowest BCUT2D eigenvalue weighted by Gasteiger charge is -2.35. The Balaban J connectivity index is 0.00000132. The lowest BCUT2D eigenvalue weighted by molar-refractivity contribution is 0.197. The average molecular weight is 446 g/mol. The SMILES string of the molecule is C=S(=O)(C1=CCC(CNC(=O)N2Cc3ccncc3C2)C=C1)N1CCN(C)CC1.CC. The van der Waals surface area contributed by atoms with E-state index in [1.54, 1.807) is 11.1 Å². The van der Waals surface area contributed by atoms with Crippen molar-refractivity contribution in [2.45, 2.75) is 33.4 Å². The number of hydrogen-bond donors (Lipinski definition) is 1. The van der Waals surface area contributed by atoms with E-state index < -0.39 is 9.71 Å². The molecule has 0 saturated carbocycles. The standard InChI is InChI=1S/C21H29N5O2S.C2H6/c1-24-9-11-26(12-10-24)29(2,28)20-5-3-17(4-6-20)13-23-21(27)25-15-18-7-8-22-14-19(18)16-25;1-2/h3,5-8,14,17H,2,4,9-13,15-16H2,1H3,(H,23,27);1-2H3. The summed E-state index contributed by atoms with van der Waals surface area (Å²) in [6.45, 7) is 9.17. The molecule has 0 bridgehead atoms. The molecule has 2 aliphatic heterocycles. The molecule has 7 nitrogen and oxygen atoms in total. The number of pyridine rings is 1. The minimum absolute atomic E-state index is 0.0530. The number of likely N-dealkylation sites (N-methyl/N-ethyl adjacent to an activating group) is 1. The summed E-state index contributed by atoms with van der Waals surface area (Å²) in [7, 11) is -0.345. The molecule has 2 atom stereocenters. The van der Waals surface area contributed by atoms with E-state index >= 15 is 0 Å². The second-order valence-electron chi connectivity index (χ2n) is 8.02. The van der Waals surface area contributed by atoms with Gasteiger partial charge in [-0.25, -0.2) is 13.3 Å². The molecule has 1 saturated heterocycles. The van der Waals surface area contributed by atoms with Crippen LogP contribution in [0.2, 0.25) is 0 Å². The van der Waals surface area contributed by atoms with Gasteiger partial charge in [0, 0.05) is 63.1 Å². The number of nitrogens with one attached hydrogen (secondary N) is 1. The van der Waals surface area contributed by atoms with E-state index in [9.17, 15) is 9.00 Å². The zero-order valence-corrected chi connectivity index (χ0v) is 19.7. The summed E-state index contributed by atoms with van der Waals surface area (Å²) in [4.78, 5) is 21.5. The average Bonchev–Trinajstić information content (AvgIpc) is 3.24. The third-order valence-corrected chi connectivity index (χ3v) is 8.17. The van der Waals surface area contributed by atoms with E-state index in [0.29, 0.717) is 19.6 Å². The van der Waals surface area contributed by atoms with Crippen LogP contribution in [-0.4, -0.2) is 75.0 Å². The zero-order chi connectivity index (χ0) is 22.4. The summed E-state index contributed by atoms with van der Waals surface area (Å²) in [5, 5.41) is 3.03. The second-order valence-corrected chi connectivity index (χ2v) is 10.3. The number of rotatable bonds is 4. The summed E-state index contributed by atoms with van der Waals surface area (Å²) in [5.74, 6) is 4.25. The van der Waals surface area contributed by atoms with Crippen LogP contribution >= 0.6 is 0 Å². The van der Waals surface area contributed by atoms with E-state index in [4.69, 9.17) is 0 Å². The van der Waals surface area contributed by atoms with Crippen LogP contribution in [0.1, 0.15) is 31.4 Å². The first-order chi connectivity index (χ1) is 14.9. The maximum absolute atomic E-state index is 13.3. The van der Waals surface area contributed by atoms with E-state index in [2.05, 4.69) is 34.2 Å². The fourth-order valence-corrected chi connectivity index (χ4v) is 5.66. The van der Waals surface area contributed by atoms with Crippen LogP contribution < -0.4 is 5.32 Å². The lowest BCUT2D eigenvalue weighted by Crippen LogP contribution is -2.47. The van der Waals surface area contributed by atoms with Gasteiger partial charge in [-0.2, -0.15) is 0 Å². The third-order valence-electron chi connectivity index (χ3n) is 5.93. The van der Waals surface area contributed by atoms with Crippen LogP contribution in [0.3, 0.4) is 0 Å². The monoisotopic (exact) mass is 445 g/mol. The lowest BCUT2D eigenvalue weighted by atomic mass is 10.0. The molecule has 1 fully saturated rings. The molecule has 1 aliphatic carbocycles. The third kappa shape index (κ3) is 5.56. The van der Waals surface area contributed by atoms with E-state index in [1.165, 1.54) is 0 Å². The molecule has 1 N–H and O–H groups in total. The molecule has 1 aromatic rings. The van der Waals surface area contributed by atoms with E-state index in [0.717, 1.165) is 48.6 Å². The molecule has 3 aliphatic rings. The number of amides is 2. The number of allylic oxidation sites excluding steroid dienone is 2. The highest BCUT2D eigenvalue weighted by Gasteiger charge is 2.26. The summed E-state index contributed by atoms with van der Waals surface area (Å²) in [6.07, 6.45) is 10.4. The Morgan fingerprint density at radius 3 is 2.58 bits per heavy atom. The predicted molar refractivity (Wildman–Crippen MR) is 128 cm³/mol. The topological polar surface area (TPSA) is 68.8 Å². The Labute approximate surface area is 187 Å². The number of fused-ring (bicyclic) bond motifs is 1. The van der Waals surface area contributed by atoms with Crippen LogP contribution in [-0.2, 0) is 22.8 Å². The van der Waals surface area contributed by atoms with Crippen molar-refractivity contribution >= 4 is 21.6 Å². The van der Waals surface area contributed by atoms with Gasteiger partial charge in [0.15, 0.2) is 0 Å². The first-order valence-electron chi connectivity index (χ1n) is 11.1. The quantitative estimate of drug-likeness (QED) is 0.723. The molecule has 1 aromatic heterocycles. The van der Waals surface area contributed by atoms with Crippen LogP contribution in [0.4, 0.5) is 4.79 Å². The van der Waals surface area contributed by atoms with Gasteiger partial charge in [-0.1, -0.05) is 26.0 Å². The highest BCUT2D eigenvalue weighted by atomic mass is 32.2. The molecule has 31 heavy (non-hydrogen) atoms. The zero-order valence-electron chi connectivity index (χ0n) is 18.9. The van der Waals surface area contributed by atoms with Gasteiger partial charge >= 0.3 is 6.03 Å². The predicted octanol–water partition coefficient (Wildman–Crippen LogP) is 2.47. The van der Waals surface area contributed by atoms with Gasteiger partial charge in [0.1, 0.15) is 0 Å².